The zero-order chi connectivity index (χ0) is 18.5. The third-order valence-electron chi connectivity index (χ3n) is 6.22. The Morgan fingerprint density at radius 1 is 1.15 bits per heavy atom. The largest absolute Gasteiger partial charge is 0.495 e. The summed E-state index contributed by atoms with van der Waals surface area (Å²) < 4.78 is 5.47. The van der Waals surface area contributed by atoms with Gasteiger partial charge in [0.15, 0.2) is 0 Å². The van der Waals surface area contributed by atoms with E-state index in [9.17, 15) is 4.79 Å². The molecule has 144 valence electrons. The van der Waals surface area contributed by atoms with Gasteiger partial charge in [-0.2, -0.15) is 0 Å². The van der Waals surface area contributed by atoms with Gasteiger partial charge in [-0.3, -0.25) is 9.69 Å². The van der Waals surface area contributed by atoms with E-state index in [1.807, 2.05) is 18.2 Å². The van der Waals surface area contributed by atoms with E-state index >= 15 is 0 Å². The number of piperazine rings is 1. The molecule has 0 radical (unpaired) electrons. The first-order valence-corrected chi connectivity index (χ1v) is 9.98. The van der Waals surface area contributed by atoms with Gasteiger partial charge in [0.2, 0.25) is 5.91 Å². The highest BCUT2D eigenvalue weighted by molar-refractivity contribution is 5.78. The fraction of sp³-hybridized carbons (Fsp3) is 0.667. The van der Waals surface area contributed by atoms with E-state index in [4.69, 9.17) is 4.74 Å². The first-order valence-electron chi connectivity index (χ1n) is 9.98. The molecule has 1 heterocycles. The van der Waals surface area contributed by atoms with Crippen molar-refractivity contribution in [3.63, 3.8) is 0 Å². The van der Waals surface area contributed by atoms with Crippen molar-refractivity contribution in [3.05, 3.63) is 24.3 Å². The van der Waals surface area contributed by atoms with E-state index in [0.29, 0.717) is 24.4 Å². The molecule has 0 unspecified atom stereocenters. The molecule has 1 aromatic carbocycles. The van der Waals surface area contributed by atoms with Crippen LogP contribution in [0.25, 0.3) is 0 Å². The zero-order valence-electron chi connectivity index (χ0n) is 16.4. The number of carbonyl (C=O) groups is 1. The van der Waals surface area contributed by atoms with Crippen LogP contribution in [0.5, 0.6) is 5.75 Å². The van der Waals surface area contributed by atoms with Crippen molar-refractivity contribution in [2.75, 3.05) is 44.7 Å². The highest BCUT2D eigenvalue weighted by Crippen LogP contribution is 2.30. The Kier molecular flexibility index (Phi) is 6.41. The number of anilines is 1. The van der Waals surface area contributed by atoms with Gasteiger partial charge in [0.1, 0.15) is 5.75 Å². The van der Waals surface area contributed by atoms with E-state index in [2.05, 4.69) is 35.0 Å². The van der Waals surface area contributed by atoms with E-state index in [1.54, 1.807) is 7.11 Å². The Bertz CT molecular complexity index is 599. The summed E-state index contributed by atoms with van der Waals surface area (Å²) in [7, 11) is 1.71. The standard InChI is InChI=1S/C21H33N3O2/c1-16-7-6-8-18(17(16)2)22-21(25)15-23-11-13-24(14-12-23)19-9-4-5-10-20(19)26-3/h4-5,9-10,16-18H,6-8,11-15H2,1-3H3,(H,22,25)/t16-,17-,18+/m0/s1. The van der Waals surface area contributed by atoms with Crippen molar-refractivity contribution in [1.29, 1.82) is 0 Å². The molecule has 2 fully saturated rings. The molecule has 0 aromatic heterocycles. The van der Waals surface area contributed by atoms with Gasteiger partial charge in [0.25, 0.3) is 0 Å². The molecule has 3 rings (SSSR count). The quantitative estimate of drug-likeness (QED) is 0.878. The molecule has 1 amide bonds. The lowest BCUT2D eigenvalue weighted by Gasteiger charge is -2.37. The number of amides is 1. The van der Waals surface area contributed by atoms with Crippen LogP contribution in [0.2, 0.25) is 0 Å². The predicted molar refractivity (Wildman–Crippen MR) is 106 cm³/mol. The number of hydrogen-bond acceptors (Lipinski definition) is 4. The monoisotopic (exact) mass is 359 g/mol. The minimum absolute atomic E-state index is 0.182. The van der Waals surface area contributed by atoms with Crippen LogP contribution in [0.15, 0.2) is 24.3 Å². The van der Waals surface area contributed by atoms with E-state index < -0.39 is 0 Å². The van der Waals surface area contributed by atoms with Gasteiger partial charge < -0.3 is 15.0 Å². The van der Waals surface area contributed by atoms with E-state index in [1.165, 1.54) is 12.8 Å². The normalized spacial score (nSPS) is 27.2. The number of ether oxygens (including phenoxy) is 1. The number of benzene rings is 1. The number of rotatable bonds is 5. The van der Waals surface area contributed by atoms with Crippen LogP contribution >= 0.6 is 0 Å². The minimum Gasteiger partial charge on any atom is -0.495 e. The number of carbonyl (C=O) groups excluding carboxylic acids is 1. The summed E-state index contributed by atoms with van der Waals surface area (Å²) in [6, 6.07) is 8.50. The van der Waals surface area contributed by atoms with Crippen LogP contribution in [0.1, 0.15) is 33.1 Å². The van der Waals surface area contributed by atoms with Crippen LogP contribution in [-0.4, -0.2) is 56.7 Å². The Hall–Kier alpha value is -1.75. The summed E-state index contributed by atoms with van der Waals surface area (Å²) in [5.41, 5.74) is 1.14. The van der Waals surface area contributed by atoms with Crippen molar-refractivity contribution in [2.24, 2.45) is 11.8 Å². The minimum atomic E-state index is 0.182. The second-order valence-electron chi connectivity index (χ2n) is 7.88. The highest BCUT2D eigenvalue weighted by Gasteiger charge is 2.29. The molecular formula is C21H33N3O2. The second kappa shape index (κ2) is 8.76. The van der Waals surface area contributed by atoms with Gasteiger partial charge in [-0.1, -0.05) is 38.8 Å². The van der Waals surface area contributed by atoms with Crippen LogP contribution in [-0.2, 0) is 4.79 Å². The van der Waals surface area contributed by atoms with Gasteiger partial charge >= 0.3 is 0 Å². The number of methoxy groups -OCH3 is 1. The lowest BCUT2D eigenvalue weighted by atomic mass is 9.78. The number of nitrogens with zero attached hydrogens (tertiary/aromatic N) is 2. The van der Waals surface area contributed by atoms with Crippen molar-refractivity contribution in [3.8, 4) is 5.75 Å². The third kappa shape index (κ3) is 4.50. The van der Waals surface area contributed by atoms with Crippen LogP contribution < -0.4 is 15.0 Å². The molecule has 2 aliphatic rings. The van der Waals surface area contributed by atoms with Gasteiger partial charge in [0.05, 0.1) is 19.3 Å². The maximum Gasteiger partial charge on any atom is 0.234 e. The third-order valence-corrected chi connectivity index (χ3v) is 6.22. The van der Waals surface area contributed by atoms with Gasteiger partial charge in [-0.05, 0) is 30.4 Å². The van der Waals surface area contributed by atoms with Crippen molar-refractivity contribution in [1.82, 2.24) is 10.2 Å². The Labute approximate surface area is 157 Å². The molecule has 1 aromatic rings. The van der Waals surface area contributed by atoms with Gasteiger partial charge in [-0.25, -0.2) is 0 Å². The lowest BCUT2D eigenvalue weighted by molar-refractivity contribution is -0.123. The average Bonchev–Trinajstić information content (AvgIpc) is 2.66. The van der Waals surface area contributed by atoms with Crippen LogP contribution in [0.3, 0.4) is 0 Å². The Morgan fingerprint density at radius 2 is 1.88 bits per heavy atom. The Balaban J connectivity index is 1.47. The summed E-state index contributed by atoms with van der Waals surface area (Å²) in [5, 5.41) is 3.29. The first kappa shape index (κ1) is 19.0. The molecule has 1 N–H and O–H groups in total. The Morgan fingerprint density at radius 3 is 2.62 bits per heavy atom. The number of hydrogen-bond donors (Lipinski definition) is 1. The smallest absolute Gasteiger partial charge is 0.234 e. The lowest BCUT2D eigenvalue weighted by Crippen LogP contribution is -2.52. The molecule has 26 heavy (non-hydrogen) atoms. The molecule has 1 aliphatic heterocycles. The molecule has 0 bridgehead atoms. The second-order valence-corrected chi connectivity index (χ2v) is 7.88. The fourth-order valence-electron chi connectivity index (χ4n) is 4.28. The maximum atomic E-state index is 12.5. The molecule has 5 heteroatoms. The molecule has 1 saturated heterocycles. The van der Waals surface area contributed by atoms with Crippen molar-refractivity contribution < 1.29 is 9.53 Å². The molecule has 1 saturated carbocycles. The zero-order valence-corrected chi connectivity index (χ0v) is 16.4. The average molecular weight is 360 g/mol. The van der Waals surface area contributed by atoms with Crippen molar-refractivity contribution >= 4 is 11.6 Å². The van der Waals surface area contributed by atoms with E-state index in [-0.39, 0.29) is 5.91 Å². The maximum absolute atomic E-state index is 12.5. The van der Waals surface area contributed by atoms with E-state index in [0.717, 1.165) is 44.0 Å². The molecule has 1 aliphatic carbocycles. The summed E-state index contributed by atoms with van der Waals surface area (Å²) in [6.07, 6.45) is 3.64. The molecule has 5 nitrogen and oxygen atoms in total. The predicted octanol–water partition coefficient (Wildman–Crippen LogP) is 2.76. The molecular weight excluding hydrogens is 326 g/mol. The summed E-state index contributed by atoms with van der Waals surface area (Å²) in [6.45, 7) is 8.75. The van der Waals surface area contributed by atoms with Gasteiger partial charge in [0, 0.05) is 32.2 Å². The topological polar surface area (TPSA) is 44.8 Å². The summed E-state index contributed by atoms with van der Waals surface area (Å²) in [5.74, 6) is 2.38. The number of para-hydroxylation sites is 2. The highest BCUT2D eigenvalue weighted by atomic mass is 16.5. The SMILES string of the molecule is COc1ccccc1N1CCN(CC(=O)N[C@@H]2CCC[C@H](C)[C@@H]2C)CC1. The van der Waals surface area contributed by atoms with Crippen LogP contribution in [0, 0.1) is 11.8 Å². The first-order chi connectivity index (χ1) is 12.6. The van der Waals surface area contributed by atoms with Gasteiger partial charge in [-0.15, -0.1) is 0 Å². The molecule has 0 spiro atoms. The summed E-state index contributed by atoms with van der Waals surface area (Å²) in [4.78, 5) is 17.1. The molecule has 3 atom stereocenters. The summed E-state index contributed by atoms with van der Waals surface area (Å²) >= 11 is 0. The fourth-order valence-corrected chi connectivity index (χ4v) is 4.28. The van der Waals surface area contributed by atoms with Crippen LogP contribution in [0.4, 0.5) is 5.69 Å². The van der Waals surface area contributed by atoms with Crippen molar-refractivity contribution in [2.45, 2.75) is 39.2 Å². The number of nitrogens with one attached hydrogen (secondary N) is 1.